The van der Waals surface area contributed by atoms with Crippen LogP contribution in [0.25, 0.3) is 0 Å². The molecule has 2 N–H and O–H groups in total. The predicted molar refractivity (Wildman–Crippen MR) is 133 cm³/mol. The second kappa shape index (κ2) is 12.4. The van der Waals surface area contributed by atoms with E-state index in [1.54, 1.807) is 0 Å². The van der Waals surface area contributed by atoms with E-state index in [1.807, 2.05) is 7.05 Å². The molecular formula is C23H37IN4O. The lowest BCUT2D eigenvalue weighted by molar-refractivity contribution is 0.105. The number of nitrogens with one attached hydrogen (secondary N) is 2. The van der Waals surface area contributed by atoms with Crippen molar-refractivity contribution in [2.75, 3.05) is 44.8 Å². The Labute approximate surface area is 193 Å². The Morgan fingerprint density at radius 3 is 2.62 bits per heavy atom. The van der Waals surface area contributed by atoms with Crippen LogP contribution in [0.4, 0.5) is 5.69 Å². The molecule has 0 amide bonds. The monoisotopic (exact) mass is 512 g/mol. The number of halogens is 1. The summed E-state index contributed by atoms with van der Waals surface area (Å²) in [5, 5.41) is 7.07. The third-order valence-electron chi connectivity index (χ3n) is 6.05. The van der Waals surface area contributed by atoms with Gasteiger partial charge in [-0.25, -0.2) is 0 Å². The highest BCUT2D eigenvalue weighted by Crippen LogP contribution is 2.40. The maximum atomic E-state index is 5.63. The van der Waals surface area contributed by atoms with Crippen LogP contribution in [-0.4, -0.2) is 45.9 Å². The normalized spacial score (nSPS) is 18.0. The molecule has 0 atom stereocenters. The predicted octanol–water partition coefficient (Wildman–Crippen LogP) is 4.33. The summed E-state index contributed by atoms with van der Waals surface area (Å²) < 4.78 is 5.63. The van der Waals surface area contributed by atoms with Gasteiger partial charge in [-0.1, -0.05) is 37.1 Å². The van der Waals surface area contributed by atoms with E-state index in [-0.39, 0.29) is 24.0 Å². The highest BCUT2D eigenvalue weighted by atomic mass is 127. The topological polar surface area (TPSA) is 48.9 Å². The highest BCUT2D eigenvalue weighted by molar-refractivity contribution is 14.0. The van der Waals surface area contributed by atoms with Crippen molar-refractivity contribution < 1.29 is 4.74 Å². The molecule has 1 aliphatic heterocycles. The Bertz CT molecular complexity index is 663. The second-order valence-corrected chi connectivity index (χ2v) is 7.98. The summed E-state index contributed by atoms with van der Waals surface area (Å²) in [5.74, 6) is 0.885. The SMILES string of the molecule is CCOCCC1(CNC(=NC)NCc2cccc(N3CC=CC3)c2)CCCC1.I. The van der Waals surface area contributed by atoms with Crippen molar-refractivity contribution in [3.63, 3.8) is 0 Å². The van der Waals surface area contributed by atoms with Gasteiger partial charge in [-0.15, -0.1) is 24.0 Å². The van der Waals surface area contributed by atoms with Crippen molar-refractivity contribution in [1.29, 1.82) is 0 Å². The Kier molecular flexibility index (Phi) is 10.3. The number of benzene rings is 1. The molecule has 0 saturated heterocycles. The number of rotatable bonds is 9. The zero-order valence-corrected chi connectivity index (χ0v) is 20.3. The van der Waals surface area contributed by atoms with Crippen LogP contribution in [0, 0.1) is 5.41 Å². The molecule has 3 rings (SSSR count). The second-order valence-electron chi connectivity index (χ2n) is 7.98. The number of hydrogen-bond donors (Lipinski definition) is 2. The van der Waals surface area contributed by atoms with Crippen LogP contribution in [-0.2, 0) is 11.3 Å². The summed E-state index contributed by atoms with van der Waals surface area (Å²) in [6.07, 6.45) is 10.8. The highest BCUT2D eigenvalue weighted by Gasteiger charge is 2.33. The molecule has 1 fully saturated rings. The minimum atomic E-state index is 0. The maximum absolute atomic E-state index is 5.63. The van der Waals surface area contributed by atoms with E-state index < -0.39 is 0 Å². The van der Waals surface area contributed by atoms with E-state index in [0.29, 0.717) is 5.41 Å². The molecule has 0 radical (unpaired) electrons. The molecular weight excluding hydrogens is 475 g/mol. The van der Waals surface area contributed by atoms with Crippen LogP contribution in [0.2, 0.25) is 0 Å². The molecule has 0 unspecified atom stereocenters. The van der Waals surface area contributed by atoms with Crippen molar-refractivity contribution in [2.45, 2.75) is 45.6 Å². The van der Waals surface area contributed by atoms with Crippen LogP contribution in [0.3, 0.4) is 0 Å². The van der Waals surface area contributed by atoms with Crippen molar-refractivity contribution in [3.05, 3.63) is 42.0 Å². The van der Waals surface area contributed by atoms with Gasteiger partial charge in [-0.3, -0.25) is 4.99 Å². The number of nitrogens with zero attached hydrogens (tertiary/aromatic N) is 2. The average Bonchev–Trinajstić information content (AvgIpc) is 3.41. The number of anilines is 1. The fraction of sp³-hybridized carbons (Fsp3) is 0.609. The fourth-order valence-corrected chi connectivity index (χ4v) is 4.30. The molecule has 29 heavy (non-hydrogen) atoms. The summed E-state index contributed by atoms with van der Waals surface area (Å²) >= 11 is 0. The summed E-state index contributed by atoms with van der Waals surface area (Å²) in [6.45, 7) is 7.50. The first kappa shape index (κ1) is 24.0. The van der Waals surface area contributed by atoms with Gasteiger partial charge in [0.15, 0.2) is 5.96 Å². The first-order chi connectivity index (χ1) is 13.7. The van der Waals surface area contributed by atoms with E-state index in [1.165, 1.54) is 36.9 Å². The number of ether oxygens (including phenoxy) is 1. The number of guanidine groups is 1. The van der Waals surface area contributed by atoms with Gasteiger partial charge in [0.25, 0.3) is 0 Å². The molecule has 1 aromatic carbocycles. The van der Waals surface area contributed by atoms with Gasteiger partial charge in [0.05, 0.1) is 0 Å². The van der Waals surface area contributed by atoms with Crippen molar-refractivity contribution in [3.8, 4) is 0 Å². The van der Waals surface area contributed by atoms with Crippen LogP contribution < -0.4 is 15.5 Å². The maximum Gasteiger partial charge on any atom is 0.191 e. The van der Waals surface area contributed by atoms with Crippen molar-refractivity contribution in [1.82, 2.24) is 10.6 Å². The molecule has 0 bridgehead atoms. The molecule has 2 aliphatic rings. The van der Waals surface area contributed by atoms with Crippen LogP contribution >= 0.6 is 24.0 Å². The lowest BCUT2D eigenvalue weighted by atomic mass is 9.83. The molecule has 6 heteroatoms. The minimum Gasteiger partial charge on any atom is -0.382 e. The van der Waals surface area contributed by atoms with Crippen molar-refractivity contribution >= 4 is 35.6 Å². The molecule has 0 spiro atoms. The average molecular weight is 512 g/mol. The van der Waals surface area contributed by atoms with Crippen LogP contribution in [0.1, 0.15) is 44.6 Å². The van der Waals surface area contributed by atoms with Gasteiger partial charge in [0.2, 0.25) is 0 Å². The minimum absolute atomic E-state index is 0. The van der Waals surface area contributed by atoms with Gasteiger partial charge in [0.1, 0.15) is 0 Å². The zero-order valence-electron chi connectivity index (χ0n) is 18.0. The smallest absolute Gasteiger partial charge is 0.191 e. The summed E-state index contributed by atoms with van der Waals surface area (Å²) in [4.78, 5) is 6.81. The summed E-state index contributed by atoms with van der Waals surface area (Å²) in [7, 11) is 1.85. The Morgan fingerprint density at radius 2 is 1.93 bits per heavy atom. The summed E-state index contributed by atoms with van der Waals surface area (Å²) in [5.41, 5.74) is 2.92. The first-order valence-electron chi connectivity index (χ1n) is 10.8. The summed E-state index contributed by atoms with van der Waals surface area (Å²) in [6, 6.07) is 8.77. The van der Waals surface area contributed by atoms with Crippen LogP contribution in [0.5, 0.6) is 0 Å². The fourth-order valence-electron chi connectivity index (χ4n) is 4.30. The molecule has 1 aromatic rings. The number of hydrogen-bond acceptors (Lipinski definition) is 3. The van der Waals surface area contributed by atoms with Crippen LogP contribution in [0.15, 0.2) is 41.4 Å². The van der Waals surface area contributed by atoms with E-state index in [2.05, 4.69) is 63.9 Å². The molecule has 5 nitrogen and oxygen atoms in total. The third-order valence-corrected chi connectivity index (χ3v) is 6.05. The molecule has 1 heterocycles. The van der Waals surface area contributed by atoms with E-state index in [4.69, 9.17) is 4.74 Å². The Balaban J connectivity index is 0.00000300. The molecule has 1 aliphatic carbocycles. The van der Waals surface area contributed by atoms with Gasteiger partial charge in [-0.2, -0.15) is 0 Å². The van der Waals surface area contributed by atoms with Gasteiger partial charge < -0.3 is 20.3 Å². The standard InChI is InChI=1S/C23H36N4O.HI/c1-3-28-16-13-23(11-4-5-12-23)19-26-22(24-2)25-18-20-9-8-10-21(17-20)27-14-6-7-15-27;/h6-10,17H,3-5,11-16,18-19H2,1-2H3,(H2,24,25,26);1H. The third kappa shape index (κ3) is 7.17. The van der Waals surface area contributed by atoms with Gasteiger partial charge in [-0.05, 0) is 49.3 Å². The van der Waals surface area contributed by atoms with Crippen molar-refractivity contribution in [2.24, 2.45) is 10.4 Å². The zero-order chi connectivity index (χ0) is 19.7. The number of aliphatic imine (C=N–C) groups is 1. The van der Waals surface area contributed by atoms with E-state index >= 15 is 0 Å². The Morgan fingerprint density at radius 1 is 1.17 bits per heavy atom. The quantitative estimate of drug-likeness (QED) is 0.170. The van der Waals surface area contributed by atoms with Gasteiger partial charge >= 0.3 is 0 Å². The first-order valence-corrected chi connectivity index (χ1v) is 10.8. The van der Waals surface area contributed by atoms with E-state index in [0.717, 1.165) is 51.8 Å². The lowest BCUT2D eigenvalue weighted by Gasteiger charge is -2.30. The molecule has 0 aromatic heterocycles. The Hall–Kier alpha value is -1.28. The van der Waals surface area contributed by atoms with E-state index in [9.17, 15) is 0 Å². The lowest BCUT2D eigenvalue weighted by Crippen LogP contribution is -2.43. The van der Waals surface area contributed by atoms with Gasteiger partial charge in [0, 0.05) is 52.1 Å². The largest absolute Gasteiger partial charge is 0.382 e. The molecule has 1 saturated carbocycles. The molecule has 162 valence electrons.